The fourth-order valence-corrected chi connectivity index (χ4v) is 3.60. The summed E-state index contributed by atoms with van der Waals surface area (Å²) in [7, 11) is 0. The zero-order valence-electron chi connectivity index (χ0n) is 12.9. The van der Waals surface area contributed by atoms with E-state index in [1.165, 1.54) is 0 Å². The van der Waals surface area contributed by atoms with E-state index >= 15 is 0 Å². The van der Waals surface area contributed by atoms with E-state index in [1.807, 2.05) is 72.8 Å². The standard InChI is InChI=1S/C20H16Br2O2/c21-18-11-17(23-13-15-7-3-1-4-8-15)12-19(22)20(18)24-14-16-9-5-2-6-10-16/h1-12H,13-14H2. The van der Waals surface area contributed by atoms with Gasteiger partial charge in [-0.25, -0.2) is 0 Å². The van der Waals surface area contributed by atoms with Gasteiger partial charge in [0.1, 0.15) is 24.7 Å². The molecular formula is C20H16Br2O2. The molecule has 0 aliphatic rings. The van der Waals surface area contributed by atoms with Gasteiger partial charge in [0.25, 0.3) is 0 Å². The molecule has 3 aromatic rings. The van der Waals surface area contributed by atoms with Crippen LogP contribution in [0.1, 0.15) is 11.1 Å². The topological polar surface area (TPSA) is 18.5 Å². The first-order chi connectivity index (χ1) is 11.7. The Morgan fingerprint density at radius 2 is 1.08 bits per heavy atom. The highest BCUT2D eigenvalue weighted by Crippen LogP contribution is 2.38. The van der Waals surface area contributed by atoms with Crippen molar-refractivity contribution in [2.24, 2.45) is 0 Å². The van der Waals surface area contributed by atoms with Gasteiger partial charge >= 0.3 is 0 Å². The molecule has 3 aromatic carbocycles. The van der Waals surface area contributed by atoms with E-state index in [1.54, 1.807) is 0 Å². The van der Waals surface area contributed by atoms with Crippen LogP contribution in [0.25, 0.3) is 0 Å². The highest BCUT2D eigenvalue weighted by Gasteiger charge is 2.10. The molecule has 0 amide bonds. The molecule has 0 fully saturated rings. The van der Waals surface area contributed by atoms with E-state index in [2.05, 4.69) is 31.9 Å². The van der Waals surface area contributed by atoms with E-state index in [0.717, 1.165) is 31.6 Å². The Labute approximate surface area is 158 Å². The van der Waals surface area contributed by atoms with Gasteiger partial charge in [0.05, 0.1) is 8.95 Å². The van der Waals surface area contributed by atoms with Gasteiger partial charge in [-0.1, -0.05) is 60.7 Å². The number of halogens is 2. The van der Waals surface area contributed by atoms with E-state index in [0.29, 0.717) is 13.2 Å². The Kier molecular flexibility index (Phi) is 5.94. The Morgan fingerprint density at radius 3 is 1.58 bits per heavy atom. The van der Waals surface area contributed by atoms with Crippen LogP contribution in [0.5, 0.6) is 11.5 Å². The van der Waals surface area contributed by atoms with Crippen LogP contribution in [0.3, 0.4) is 0 Å². The minimum absolute atomic E-state index is 0.516. The van der Waals surface area contributed by atoms with Crippen molar-refractivity contribution in [3.63, 3.8) is 0 Å². The third-order valence-corrected chi connectivity index (χ3v) is 4.62. The molecule has 24 heavy (non-hydrogen) atoms. The highest BCUT2D eigenvalue weighted by molar-refractivity contribution is 9.11. The third kappa shape index (κ3) is 4.62. The maximum atomic E-state index is 5.92. The molecule has 0 atom stereocenters. The Morgan fingerprint density at radius 1 is 0.625 bits per heavy atom. The second kappa shape index (κ2) is 8.36. The monoisotopic (exact) mass is 446 g/mol. The Hall–Kier alpha value is -1.78. The van der Waals surface area contributed by atoms with Crippen LogP contribution in [0.2, 0.25) is 0 Å². The molecule has 0 spiro atoms. The van der Waals surface area contributed by atoms with E-state index in [9.17, 15) is 0 Å². The molecule has 0 saturated carbocycles. The molecule has 0 aromatic heterocycles. The van der Waals surface area contributed by atoms with Crippen molar-refractivity contribution >= 4 is 31.9 Å². The number of rotatable bonds is 6. The molecule has 3 rings (SSSR count). The van der Waals surface area contributed by atoms with Crippen molar-refractivity contribution in [3.05, 3.63) is 92.9 Å². The van der Waals surface area contributed by atoms with Crippen molar-refractivity contribution in [2.45, 2.75) is 13.2 Å². The minimum atomic E-state index is 0.516. The average Bonchev–Trinajstić information content (AvgIpc) is 2.61. The molecule has 2 nitrogen and oxygen atoms in total. The van der Waals surface area contributed by atoms with Gasteiger partial charge in [-0.15, -0.1) is 0 Å². The lowest BCUT2D eigenvalue weighted by Gasteiger charge is -2.13. The quantitative estimate of drug-likeness (QED) is 0.437. The molecule has 0 heterocycles. The number of benzene rings is 3. The zero-order chi connectivity index (χ0) is 16.8. The summed E-state index contributed by atoms with van der Waals surface area (Å²) in [5.41, 5.74) is 2.26. The van der Waals surface area contributed by atoms with Gasteiger partial charge in [0.2, 0.25) is 0 Å². The van der Waals surface area contributed by atoms with Crippen LogP contribution < -0.4 is 9.47 Å². The summed E-state index contributed by atoms with van der Waals surface area (Å²) >= 11 is 7.13. The first-order valence-corrected chi connectivity index (χ1v) is 9.13. The lowest BCUT2D eigenvalue weighted by atomic mass is 10.2. The van der Waals surface area contributed by atoms with Crippen LogP contribution in [0.4, 0.5) is 0 Å². The van der Waals surface area contributed by atoms with Crippen molar-refractivity contribution in [1.29, 1.82) is 0 Å². The third-order valence-electron chi connectivity index (χ3n) is 3.45. The average molecular weight is 448 g/mol. The van der Waals surface area contributed by atoms with Gasteiger partial charge in [-0.3, -0.25) is 0 Å². The van der Waals surface area contributed by atoms with Crippen LogP contribution in [0, 0.1) is 0 Å². The molecule has 0 bridgehead atoms. The predicted molar refractivity (Wildman–Crippen MR) is 103 cm³/mol. The summed E-state index contributed by atoms with van der Waals surface area (Å²) in [5.74, 6) is 1.55. The molecule has 0 saturated heterocycles. The van der Waals surface area contributed by atoms with Crippen molar-refractivity contribution in [3.8, 4) is 11.5 Å². The van der Waals surface area contributed by atoms with Gasteiger partial charge < -0.3 is 9.47 Å². The molecule has 0 radical (unpaired) electrons. The fourth-order valence-electron chi connectivity index (χ4n) is 2.23. The van der Waals surface area contributed by atoms with Crippen LogP contribution >= 0.6 is 31.9 Å². The SMILES string of the molecule is Brc1cc(OCc2ccccc2)cc(Br)c1OCc1ccccc1. The van der Waals surface area contributed by atoms with Crippen molar-refractivity contribution < 1.29 is 9.47 Å². The summed E-state index contributed by atoms with van der Waals surface area (Å²) in [6.07, 6.45) is 0. The first-order valence-electron chi connectivity index (χ1n) is 7.55. The molecule has 0 aliphatic carbocycles. The smallest absolute Gasteiger partial charge is 0.148 e. The molecular weight excluding hydrogens is 432 g/mol. The predicted octanol–water partition coefficient (Wildman–Crippen LogP) is 6.37. The molecule has 0 aliphatic heterocycles. The minimum Gasteiger partial charge on any atom is -0.489 e. The largest absolute Gasteiger partial charge is 0.489 e. The van der Waals surface area contributed by atoms with Gasteiger partial charge in [-0.05, 0) is 55.1 Å². The first kappa shape index (κ1) is 17.1. The number of hydrogen-bond acceptors (Lipinski definition) is 2. The summed E-state index contributed by atoms with van der Waals surface area (Å²) in [4.78, 5) is 0. The number of ether oxygens (including phenoxy) is 2. The second-order valence-corrected chi connectivity index (χ2v) is 6.97. The lowest BCUT2D eigenvalue weighted by molar-refractivity contribution is 0.294. The Balaban J connectivity index is 1.67. The maximum Gasteiger partial charge on any atom is 0.148 e. The summed E-state index contributed by atoms with van der Waals surface area (Å²) < 4.78 is 13.5. The molecule has 0 unspecified atom stereocenters. The van der Waals surface area contributed by atoms with Crippen molar-refractivity contribution in [1.82, 2.24) is 0 Å². The lowest BCUT2D eigenvalue weighted by Crippen LogP contribution is -1.99. The summed E-state index contributed by atoms with van der Waals surface area (Å²) in [5, 5.41) is 0. The van der Waals surface area contributed by atoms with Crippen LogP contribution in [-0.4, -0.2) is 0 Å². The van der Waals surface area contributed by atoms with Crippen molar-refractivity contribution in [2.75, 3.05) is 0 Å². The van der Waals surface area contributed by atoms with E-state index in [-0.39, 0.29) is 0 Å². The second-order valence-electron chi connectivity index (χ2n) is 5.26. The zero-order valence-corrected chi connectivity index (χ0v) is 16.1. The van der Waals surface area contributed by atoms with Gasteiger partial charge in [0, 0.05) is 0 Å². The van der Waals surface area contributed by atoms with E-state index < -0.39 is 0 Å². The molecule has 4 heteroatoms. The van der Waals surface area contributed by atoms with Crippen LogP contribution in [-0.2, 0) is 13.2 Å². The van der Waals surface area contributed by atoms with Gasteiger partial charge in [-0.2, -0.15) is 0 Å². The van der Waals surface area contributed by atoms with Crippen LogP contribution in [0.15, 0.2) is 81.7 Å². The number of hydrogen-bond donors (Lipinski definition) is 0. The summed E-state index contributed by atoms with van der Waals surface area (Å²) in [6, 6.07) is 24.0. The molecule has 0 N–H and O–H groups in total. The van der Waals surface area contributed by atoms with Gasteiger partial charge in [0.15, 0.2) is 0 Å². The summed E-state index contributed by atoms with van der Waals surface area (Å²) in [6.45, 7) is 1.05. The highest BCUT2D eigenvalue weighted by atomic mass is 79.9. The fraction of sp³-hybridized carbons (Fsp3) is 0.100. The van der Waals surface area contributed by atoms with E-state index in [4.69, 9.17) is 9.47 Å². The Bertz CT molecular complexity index is 766. The molecule has 122 valence electrons. The normalized spacial score (nSPS) is 10.4. The maximum absolute atomic E-state index is 5.92.